The van der Waals surface area contributed by atoms with E-state index in [4.69, 9.17) is 0 Å². The summed E-state index contributed by atoms with van der Waals surface area (Å²) in [6, 6.07) is 2.19. The van der Waals surface area contributed by atoms with E-state index in [-0.39, 0.29) is 10.8 Å². The number of hydrogen-bond donors (Lipinski definition) is 1. The molecule has 1 aromatic carbocycles. The van der Waals surface area contributed by atoms with E-state index in [1.54, 1.807) is 0 Å². The summed E-state index contributed by atoms with van der Waals surface area (Å²) in [7, 11) is 0. The Kier molecular flexibility index (Phi) is 4.94. The Hall–Kier alpha value is -0.980. The molecule has 114 valence electrons. The van der Waals surface area contributed by atoms with Gasteiger partial charge in [-0.05, 0) is 47.3 Å². The van der Waals surface area contributed by atoms with Gasteiger partial charge in [0.2, 0.25) is 0 Å². The zero-order valence-corrected chi connectivity index (χ0v) is 14.6. The third kappa shape index (κ3) is 3.56. The van der Waals surface area contributed by atoms with Gasteiger partial charge in [-0.1, -0.05) is 61.0 Å². The summed E-state index contributed by atoms with van der Waals surface area (Å²) in [5.41, 5.74) is 5.00. The van der Waals surface area contributed by atoms with Crippen LogP contribution in [-0.2, 0) is 17.3 Å². The zero-order chi connectivity index (χ0) is 15.7. The van der Waals surface area contributed by atoms with Crippen LogP contribution in [0.5, 0.6) is 5.75 Å². The Bertz CT molecular complexity index is 470. The minimum absolute atomic E-state index is 0.0286. The van der Waals surface area contributed by atoms with Gasteiger partial charge < -0.3 is 5.11 Å². The van der Waals surface area contributed by atoms with Crippen molar-refractivity contribution in [2.24, 2.45) is 0 Å². The molecule has 0 saturated carbocycles. The molecule has 0 fully saturated rings. The van der Waals surface area contributed by atoms with Crippen LogP contribution in [0.2, 0.25) is 0 Å². The lowest BCUT2D eigenvalue weighted by atomic mass is 9.73. The molecule has 0 aromatic heterocycles. The Morgan fingerprint density at radius 1 is 1.00 bits per heavy atom. The number of rotatable bonds is 3. The SMILES string of the molecule is CCCCc1c(C(C)(C)C)cc(C)c(O)c1C(C)(C)C. The highest BCUT2D eigenvalue weighted by Gasteiger charge is 2.29. The van der Waals surface area contributed by atoms with Crippen molar-refractivity contribution in [3.05, 3.63) is 28.3 Å². The molecule has 1 rings (SSSR count). The van der Waals surface area contributed by atoms with Crippen molar-refractivity contribution in [1.82, 2.24) is 0 Å². The van der Waals surface area contributed by atoms with Crippen LogP contribution in [0.25, 0.3) is 0 Å². The zero-order valence-electron chi connectivity index (χ0n) is 14.6. The molecule has 1 N–H and O–H groups in total. The lowest BCUT2D eigenvalue weighted by molar-refractivity contribution is 0.436. The van der Waals surface area contributed by atoms with Crippen LogP contribution in [0.3, 0.4) is 0 Å². The van der Waals surface area contributed by atoms with Crippen LogP contribution in [0, 0.1) is 6.92 Å². The van der Waals surface area contributed by atoms with Gasteiger partial charge in [-0.15, -0.1) is 0 Å². The van der Waals surface area contributed by atoms with E-state index in [2.05, 4.69) is 54.5 Å². The summed E-state index contributed by atoms with van der Waals surface area (Å²) in [5, 5.41) is 10.6. The third-order valence-electron chi connectivity index (χ3n) is 3.94. The number of benzene rings is 1. The molecule has 0 aliphatic heterocycles. The van der Waals surface area contributed by atoms with E-state index >= 15 is 0 Å². The third-order valence-corrected chi connectivity index (χ3v) is 3.94. The van der Waals surface area contributed by atoms with Crippen molar-refractivity contribution < 1.29 is 5.11 Å². The van der Waals surface area contributed by atoms with E-state index in [9.17, 15) is 5.11 Å². The Morgan fingerprint density at radius 2 is 1.55 bits per heavy atom. The highest BCUT2D eigenvalue weighted by Crippen LogP contribution is 2.41. The lowest BCUT2D eigenvalue weighted by Gasteiger charge is -2.32. The first-order valence-corrected chi connectivity index (χ1v) is 7.86. The van der Waals surface area contributed by atoms with Crippen molar-refractivity contribution in [2.45, 2.75) is 85.5 Å². The van der Waals surface area contributed by atoms with Crippen LogP contribution in [0.15, 0.2) is 6.07 Å². The van der Waals surface area contributed by atoms with Gasteiger partial charge in [-0.3, -0.25) is 0 Å². The van der Waals surface area contributed by atoms with Gasteiger partial charge in [0.25, 0.3) is 0 Å². The predicted molar refractivity (Wildman–Crippen MR) is 88.9 cm³/mol. The average Bonchev–Trinajstić information content (AvgIpc) is 2.26. The second-order valence-electron chi connectivity index (χ2n) is 8.05. The molecule has 0 aliphatic carbocycles. The van der Waals surface area contributed by atoms with Gasteiger partial charge in [-0.2, -0.15) is 0 Å². The summed E-state index contributed by atoms with van der Waals surface area (Å²) in [4.78, 5) is 0. The first kappa shape index (κ1) is 17.1. The van der Waals surface area contributed by atoms with Crippen molar-refractivity contribution in [2.75, 3.05) is 0 Å². The fourth-order valence-corrected chi connectivity index (χ4v) is 2.94. The smallest absolute Gasteiger partial charge is 0.122 e. The molecule has 0 heterocycles. The van der Waals surface area contributed by atoms with Gasteiger partial charge in [0.05, 0.1) is 0 Å². The monoisotopic (exact) mass is 276 g/mol. The Balaban J connectivity index is 3.65. The van der Waals surface area contributed by atoms with Crippen LogP contribution in [0.4, 0.5) is 0 Å². The minimum Gasteiger partial charge on any atom is -0.507 e. The maximum Gasteiger partial charge on any atom is 0.122 e. The molecule has 0 saturated heterocycles. The second-order valence-corrected chi connectivity index (χ2v) is 8.05. The average molecular weight is 276 g/mol. The van der Waals surface area contributed by atoms with E-state index in [1.807, 2.05) is 6.92 Å². The number of unbranched alkanes of at least 4 members (excludes halogenated alkanes) is 1. The molecular weight excluding hydrogens is 244 g/mol. The molecule has 20 heavy (non-hydrogen) atoms. The quantitative estimate of drug-likeness (QED) is 0.757. The van der Waals surface area contributed by atoms with E-state index in [0.29, 0.717) is 5.75 Å². The molecule has 0 radical (unpaired) electrons. The molecule has 1 nitrogen and oxygen atoms in total. The molecular formula is C19H32O. The lowest BCUT2D eigenvalue weighted by Crippen LogP contribution is -2.22. The van der Waals surface area contributed by atoms with Crippen LogP contribution < -0.4 is 0 Å². The van der Waals surface area contributed by atoms with Gasteiger partial charge in [0.1, 0.15) is 5.75 Å². The number of phenolic OH excluding ortho intramolecular Hbond substituents is 1. The van der Waals surface area contributed by atoms with Gasteiger partial charge in [0, 0.05) is 5.56 Å². The first-order valence-electron chi connectivity index (χ1n) is 7.86. The Morgan fingerprint density at radius 3 is 1.95 bits per heavy atom. The van der Waals surface area contributed by atoms with Crippen LogP contribution in [0.1, 0.15) is 83.6 Å². The van der Waals surface area contributed by atoms with Gasteiger partial charge in [-0.25, -0.2) is 0 Å². The number of hydrogen-bond acceptors (Lipinski definition) is 1. The minimum atomic E-state index is -0.0286. The normalized spacial score (nSPS) is 12.8. The first-order chi connectivity index (χ1) is 9.00. The van der Waals surface area contributed by atoms with Crippen molar-refractivity contribution in [3.8, 4) is 5.75 Å². The molecule has 1 heteroatoms. The van der Waals surface area contributed by atoms with Crippen LogP contribution >= 0.6 is 0 Å². The molecule has 1 aromatic rings. The molecule has 0 amide bonds. The van der Waals surface area contributed by atoms with E-state index < -0.39 is 0 Å². The van der Waals surface area contributed by atoms with E-state index in [0.717, 1.165) is 17.5 Å². The highest BCUT2D eigenvalue weighted by atomic mass is 16.3. The molecule has 0 aliphatic rings. The summed E-state index contributed by atoms with van der Waals surface area (Å²) in [6.07, 6.45) is 3.42. The largest absolute Gasteiger partial charge is 0.507 e. The second kappa shape index (κ2) is 5.79. The maximum atomic E-state index is 10.6. The van der Waals surface area contributed by atoms with Crippen molar-refractivity contribution >= 4 is 0 Å². The summed E-state index contributed by atoms with van der Waals surface area (Å²) in [5.74, 6) is 0.497. The summed E-state index contributed by atoms with van der Waals surface area (Å²) < 4.78 is 0. The molecule has 0 spiro atoms. The van der Waals surface area contributed by atoms with Gasteiger partial charge in [0.15, 0.2) is 0 Å². The topological polar surface area (TPSA) is 20.2 Å². The fourth-order valence-electron chi connectivity index (χ4n) is 2.94. The molecule has 0 atom stereocenters. The summed E-state index contributed by atoms with van der Waals surface area (Å²) in [6.45, 7) is 17.6. The van der Waals surface area contributed by atoms with E-state index in [1.165, 1.54) is 24.0 Å². The predicted octanol–water partition coefficient (Wildman–Crippen LogP) is 5.64. The van der Waals surface area contributed by atoms with Crippen LogP contribution in [-0.4, -0.2) is 5.11 Å². The number of aromatic hydroxyl groups is 1. The number of aryl methyl sites for hydroxylation is 1. The molecule has 0 unspecified atom stereocenters. The molecule has 0 bridgehead atoms. The van der Waals surface area contributed by atoms with Crippen molar-refractivity contribution in [1.29, 1.82) is 0 Å². The standard InChI is InChI=1S/C19H32O/c1-9-10-11-14-15(18(3,4)5)12-13(2)17(20)16(14)19(6,7)8/h12,20H,9-11H2,1-8H3. The fraction of sp³-hybridized carbons (Fsp3) is 0.684. The number of phenols is 1. The summed E-state index contributed by atoms with van der Waals surface area (Å²) >= 11 is 0. The van der Waals surface area contributed by atoms with Gasteiger partial charge >= 0.3 is 0 Å². The van der Waals surface area contributed by atoms with Crippen molar-refractivity contribution in [3.63, 3.8) is 0 Å². The Labute approximate surface area is 125 Å². The maximum absolute atomic E-state index is 10.6. The highest BCUT2D eigenvalue weighted by molar-refractivity contribution is 5.54.